The fourth-order valence-corrected chi connectivity index (χ4v) is 3.37. The maximum Gasteiger partial charge on any atom is 0.317 e. The Hall–Kier alpha value is -1.63. The molecule has 2 heterocycles. The maximum atomic E-state index is 12.1. The third kappa shape index (κ3) is 3.09. The zero-order valence-corrected chi connectivity index (χ0v) is 12.7. The van der Waals surface area contributed by atoms with Crippen molar-refractivity contribution >= 4 is 23.3 Å². The number of aryl methyl sites for hydroxylation is 2. The van der Waals surface area contributed by atoms with Crippen LogP contribution >= 0.6 is 11.3 Å². The average molecular weight is 297 g/mol. The van der Waals surface area contributed by atoms with Crippen LogP contribution in [0.1, 0.15) is 35.0 Å². The Morgan fingerprint density at radius 2 is 2.20 bits per heavy atom. The van der Waals surface area contributed by atoms with Crippen LogP contribution in [-0.2, 0) is 4.79 Å². The van der Waals surface area contributed by atoms with Gasteiger partial charge in [-0.2, -0.15) is 0 Å². The average Bonchev–Trinajstić information content (AvgIpc) is 2.95. The largest absolute Gasteiger partial charge is 0.481 e. The molecule has 20 heavy (non-hydrogen) atoms. The van der Waals surface area contributed by atoms with Crippen molar-refractivity contribution in [2.75, 3.05) is 13.1 Å². The Morgan fingerprint density at radius 3 is 2.70 bits per heavy atom. The van der Waals surface area contributed by atoms with Crippen LogP contribution in [0.5, 0.6) is 0 Å². The summed E-state index contributed by atoms with van der Waals surface area (Å²) in [4.78, 5) is 30.0. The number of aromatic nitrogens is 1. The first kappa shape index (κ1) is 14.8. The van der Waals surface area contributed by atoms with Gasteiger partial charge in [-0.25, -0.2) is 9.78 Å². The van der Waals surface area contributed by atoms with Gasteiger partial charge in [0.15, 0.2) is 0 Å². The lowest BCUT2D eigenvalue weighted by atomic mass is 10.1. The zero-order chi connectivity index (χ0) is 14.9. The lowest BCUT2D eigenvalue weighted by Gasteiger charge is -2.20. The number of carboxylic acid groups (broad SMARTS) is 1. The normalized spacial score (nSPS) is 19.9. The topological polar surface area (TPSA) is 82.5 Å². The molecule has 1 fully saturated rings. The minimum Gasteiger partial charge on any atom is -0.481 e. The fourth-order valence-electron chi connectivity index (χ4n) is 2.44. The Morgan fingerprint density at radius 1 is 1.50 bits per heavy atom. The summed E-state index contributed by atoms with van der Waals surface area (Å²) in [6.45, 7) is 6.57. The van der Waals surface area contributed by atoms with Gasteiger partial charge >= 0.3 is 12.0 Å². The molecule has 1 saturated heterocycles. The molecule has 2 N–H and O–H groups in total. The van der Waals surface area contributed by atoms with E-state index in [1.54, 1.807) is 16.2 Å². The van der Waals surface area contributed by atoms with Crippen molar-refractivity contribution in [3.05, 3.63) is 15.6 Å². The van der Waals surface area contributed by atoms with E-state index in [1.165, 1.54) is 0 Å². The molecule has 6 nitrogen and oxygen atoms in total. The molecule has 1 aliphatic rings. The van der Waals surface area contributed by atoms with Crippen molar-refractivity contribution in [2.24, 2.45) is 5.92 Å². The predicted octanol–water partition coefficient (Wildman–Crippen LogP) is 1.94. The number of hydrogen-bond acceptors (Lipinski definition) is 4. The smallest absolute Gasteiger partial charge is 0.317 e. The molecule has 2 amide bonds. The Kier molecular flexibility index (Phi) is 4.27. The number of likely N-dealkylation sites (tertiary alicyclic amines) is 1. The molecule has 0 aliphatic carbocycles. The Bertz CT molecular complexity index is 529. The highest BCUT2D eigenvalue weighted by atomic mass is 32.1. The van der Waals surface area contributed by atoms with E-state index in [9.17, 15) is 9.59 Å². The van der Waals surface area contributed by atoms with Gasteiger partial charge in [0.1, 0.15) is 0 Å². The number of thiazole rings is 1. The van der Waals surface area contributed by atoms with Gasteiger partial charge in [-0.05, 0) is 27.2 Å². The van der Waals surface area contributed by atoms with Crippen LogP contribution in [0.15, 0.2) is 0 Å². The number of urea groups is 1. The molecule has 0 spiro atoms. The number of carbonyl (C=O) groups excluding carboxylic acids is 1. The molecular weight excluding hydrogens is 278 g/mol. The van der Waals surface area contributed by atoms with Crippen LogP contribution in [0.4, 0.5) is 4.79 Å². The van der Waals surface area contributed by atoms with Gasteiger partial charge in [0, 0.05) is 18.0 Å². The highest BCUT2D eigenvalue weighted by Gasteiger charge is 2.31. The van der Waals surface area contributed by atoms with Crippen LogP contribution in [0.25, 0.3) is 0 Å². The van der Waals surface area contributed by atoms with E-state index in [4.69, 9.17) is 5.11 Å². The summed E-state index contributed by atoms with van der Waals surface area (Å²) in [5, 5.41) is 12.8. The molecule has 7 heteroatoms. The predicted molar refractivity (Wildman–Crippen MR) is 75.9 cm³/mol. The van der Waals surface area contributed by atoms with Crippen LogP contribution < -0.4 is 5.32 Å². The Balaban J connectivity index is 1.95. The molecule has 110 valence electrons. The first-order valence-electron chi connectivity index (χ1n) is 6.60. The lowest BCUT2D eigenvalue weighted by molar-refractivity contribution is -0.141. The van der Waals surface area contributed by atoms with E-state index in [-0.39, 0.29) is 18.6 Å². The first-order valence-corrected chi connectivity index (χ1v) is 7.42. The lowest BCUT2D eigenvalue weighted by Crippen LogP contribution is -2.40. The quantitative estimate of drug-likeness (QED) is 0.893. The summed E-state index contributed by atoms with van der Waals surface area (Å²) < 4.78 is 0. The van der Waals surface area contributed by atoms with Gasteiger partial charge in [0.2, 0.25) is 0 Å². The summed E-state index contributed by atoms with van der Waals surface area (Å²) in [7, 11) is 0. The van der Waals surface area contributed by atoms with E-state index in [2.05, 4.69) is 10.3 Å². The van der Waals surface area contributed by atoms with E-state index in [0.29, 0.717) is 13.0 Å². The molecule has 0 bridgehead atoms. The number of nitrogens with zero attached hydrogens (tertiary/aromatic N) is 2. The number of carboxylic acids is 1. The first-order chi connectivity index (χ1) is 9.38. The van der Waals surface area contributed by atoms with Gasteiger partial charge in [-0.1, -0.05) is 0 Å². The van der Waals surface area contributed by atoms with Crippen molar-refractivity contribution in [3.8, 4) is 0 Å². The molecule has 0 saturated carbocycles. The van der Waals surface area contributed by atoms with Gasteiger partial charge in [-0.3, -0.25) is 4.79 Å². The summed E-state index contributed by atoms with van der Waals surface area (Å²) in [6, 6.07) is -0.315. The van der Waals surface area contributed by atoms with Gasteiger partial charge in [0.25, 0.3) is 0 Å². The molecular formula is C13H19N3O3S. The highest BCUT2D eigenvalue weighted by Crippen LogP contribution is 2.25. The summed E-state index contributed by atoms with van der Waals surface area (Å²) >= 11 is 1.57. The monoisotopic (exact) mass is 297 g/mol. The van der Waals surface area contributed by atoms with E-state index < -0.39 is 11.9 Å². The van der Waals surface area contributed by atoms with Crippen LogP contribution in [0, 0.1) is 19.8 Å². The number of amides is 2. The second-order valence-corrected chi connectivity index (χ2v) is 6.36. The van der Waals surface area contributed by atoms with Crippen molar-refractivity contribution < 1.29 is 14.7 Å². The van der Waals surface area contributed by atoms with Crippen molar-refractivity contribution in [1.82, 2.24) is 15.2 Å². The Labute approximate surface area is 121 Å². The number of hydrogen-bond donors (Lipinski definition) is 2. The second kappa shape index (κ2) is 5.78. The summed E-state index contributed by atoms with van der Waals surface area (Å²) in [5.41, 5.74) is 0.935. The maximum absolute atomic E-state index is 12.1. The van der Waals surface area contributed by atoms with E-state index in [0.717, 1.165) is 15.6 Å². The van der Waals surface area contributed by atoms with Crippen LogP contribution in [0.2, 0.25) is 0 Å². The molecule has 2 unspecified atom stereocenters. The highest BCUT2D eigenvalue weighted by molar-refractivity contribution is 7.11. The standard InChI is InChI=1S/C13H19N3O3S/c1-7-11(20-9(3)14-7)8(2)15-13(19)16-5-4-10(6-16)12(17)18/h8,10H,4-6H2,1-3H3,(H,15,19)(H,17,18). The molecule has 2 atom stereocenters. The van der Waals surface area contributed by atoms with Crippen molar-refractivity contribution in [3.63, 3.8) is 0 Å². The number of rotatable bonds is 3. The summed E-state index contributed by atoms with van der Waals surface area (Å²) in [5.74, 6) is -1.27. The molecule has 1 aliphatic heterocycles. The summed E-state index contributed by atoms with van der Waals surface area (Å²) in [6.07, 6.45) is 0.524. The third-order valence-corrected chi connectivity index (χ3v) is 4.75. The molecule has 1 aromatic rings. The molecule has 2 rings (SSSR count). The molecule has 0 aromatic carbocycles. The molecule has 0 radical (unpaired) electrons. The zero-order valence-electron chi connectivity index (χ0n) is 11.8. The van der Waals surface area contributed by atoms with Crippen LogP contribution in [0.3, 0.4) is 0 Å². The minimum atomic E-state index is -0.831. The molecule has 1 aromatic heterocycles. The fraction of sp³-hybridized carbons (Fsp3) is 0.615. The second-order valence-electron chi connectivity index (χ2n) is 5.12. The van der Waals surface area contributed by atoms with Crippen molar-refractivity contribution in [2.45, 2.75) is 33.2 Å². The van der Waals surface area contributed by atoms with E-state index >= 15 is 0 Å². The van der Waals surface area contributed by atoms with Gasteiger partial charge in [0.05, 0.1) is 22.7 Å². The van der Waals surface area contributed by atoms with Gasteiger partial charge in [-0.15, -0.1) is 11.3 Å². The number of nitrogens with one attached hydrogen (secondary N) is 1. The van der Waals surface area contributed by atoms with Crippen molar-refractivity contribution in [1.29, 1.82) is 0 Å². The van der Waals surface area contributed by atoms with Gasteiger partial charge < -0.3 is 15.3 Å². The number of aliphatic carboxylic acids is 1. The van der Waals surface area contributed by atoms with Crippen LogP contribution in [-0.4, -0.2) is 40.1 Å². The SMILES string of the molecule is Cc1nc(C)c(C(C)NC(=O)N2CCC(C(=O)O)C2)s1. The third-order valence-electron chi connectivity index (χ3n) is 3.50. The van der Waals surface area contributed by atoms with E-state index in [1.807, 2.05) is 20.8 Å². The minimum absolute atomic E-state index is 0.113. The number of carbonyl (C=O) groups is 2.